The summed E-state index contributed by atoms with van der Waals surface area (Å²) < 4.78 is 6.02. The average molecular weight is 378 g/mol. The fourth-order valence-electron chi connectivity index (χ4n) is 1.28. The molecule has 0 unspecified atom stereocenters. The highest BCUT2D eigenvalue weighted by Crippen LogP contribution is 2.36. The zero-order valence-corrected chi connectivity index (χ0v) is 12.8. The highest BCUT2D eigenvalue weighted by atomic mass is 79.9. The number of aliphatic hydroxyl groups is 1. The van der Waals surface area contributed by atoms with Crippen LogP contribution < -0.4 is 0 Å². The Hall–Kier alpha value is -0.920. The third-order valence-electron chi connectivity index (χ3n) is 2.22. The number of benzene rings is 1. The van der Waals surface area contributed by atoms with Crippen LogP contribution >= 0.6 is 31.9 Å². The number of phenolic OH excluding ortho intramolecular Hbond substituents is 1. The van der Waals surface area contributed by atoms with Crippen molar-refractivity contribution in [2.75, 3.05) is 0 Å². The molecule has 1 aromatic carbocycles. The molecule has 1 heterocycles. The van der Waals surface area contributed by atoms with Crippen LogP contribution in [0.15, 0.2) is 25.6 Å². The largest absolute Gasteiger partial charge is 0.506 e. The van der Waals surface area contributed by atoms with Gasteiger partial charge in [0, 0.05) is 5.56 Å². The molecular formula is C11H10Br2N2O3. The van der Waals surface area contributed by atoms with Gasteiger partial charge in [-0.3, -0.25) is 0 Å². The van der Waals surface area contributed by atoms with Gasteiger partial charge in [0.25, 0.3) is 5.89 Å². The smallest absolute Gasteiger partial charge is 0.258 e. The van der Waals surface area contributed by atoms with Gasteiger partial charge in [0.05, 0.1) is 8.95 Å². The van der Waals surface area contributed by atoms with E-state index in [0.717, 1.165) is 0 Å². The SMILES string of the molecule is CC(C)(O)c1nc(-c2cc(Br)c(O)c(Br)c2)no1. The van der Waals surface area contributed by atoms with Gasteiger partial charge in [-0.2, -0.15) is 4.98 Å². The molecule has 96 valence electrons. The van der Waals surface area contributed by atoms with Crippen molar-refractivity contribution in [1.29, 1.82) is 0 Å². The summed E-state index contributed by atoms with van der Waals surface area (Å²) in [5.41, 5.74) is -0.526. The van der Waals surface area contributed by atoms with Crippen LogP contribution in [-0.4, -0.2) is 20.4 Å². The number of halogens is 2. The van der Waals surface area contributed by atoms with Crippen LogP contribution in [0.4, 0.5) is 0 Å². The summed E-state index contributed by atoms with van der Waals surface area (Å²) in [6, 6.07) is 3.33. The van der Waals surface area contributed by atoms with Gasteiger partial charge < -0.3 is 14.7 Å². The van der Waals surface area contributed by atoms with E-state index in [0.29, 0.717) is 20.3 Å². The van der Waals surface area contributed by atoms with E-state index >= 15 is 0 Å². The summed E-state index contributed by atoms with van der Waals surface area (Å²) in [6.45, 7) is 3.12. The predicted octanol–water partition coefficient (Wildman–Crippen LogP) is 3.19. The van der Waals surface area contributed by atoms with Crippen molar-refractivity contribution < 1.29 is 14.7 Å². The fourth-order valence-corrected chi connectivity index (χ4v) is 2.47. The molecule has 0 spiro atoms. The number of phenols is 1. The summed E-state index contributed by atoms with van der Waals surface area (Å²) in [7, 11) is 0. The lowest BCUT2D eigenvalue weighted by atomic mass is 10.1. The lowest BCUT2D eigenvalue weighted by Gasteiger charge is -2.09. The van der Waals surface area contributed by atoms with Gasteiger partial charge in [-0.1, -0.05) is 5.16 Å². The molecule has 0 aliphatic heterocycles. The number of aromatic hydroxyl groups is 1. The maximum atomic E-state index is 9.75. The van der Waals surface area contributed by atoms with E-state index in [1.807, 2.05) is 0 Å². The first-order chi connectivity index (χ1) is 8.29. The van der Waals surface area contributed by atoms with Gasteiger partial charge in [-0.15, -0.1) is 0 Å². The van der Waals surface area contributed by atoms with Crippen molar-refractivity contribution in [2.24, 2.45) is 0 Å². The molecule has 0 saturated carbocycles. The van der Waals surface area contributed by atoms with E-state index < -0.39 is 5.60 Å². The normalized spacial score (nSPS) is 11.8. The van der Waals surface area contributed by atoms with Crippen LogP contribution in [0.5, 0.6) is 5.75 Å². The molecule has 0 aliphatic rings. The predicted molar refractivity (Wildman–Crippen MR) is 72.0 cm³/mol. The minimum Gasteiger partial charge on any atom is -0.506 e. The highest BCUT2D eigenvalue weighted by Gasteiger charge is 2.24. The summed E-state index contributed by atoms with van der Waals surface area (Å²) in [4.78, 5) is 4.11. The molecule has 0 bridgehead atoms. The molecule has 0 radical (unpaired) electrons. The van der Waals surface area contributed by atoms with E-state index in [4.69, 9.17) is 4.52 Å². The molecule has 0 atom stereocenters. The molecule has 0 saturated heterocycles. The summed E-state index contributed by atoms with van der Waals surface area (Å²) in [5, 5.41) is 23.2. The Morgan fingerprint density at radius 1 is 1.22 bits per heavy atom. The maximum Gasteiger partial charge on any atom is 0.258 e. The molecule has 0 fully saturated rings. The second kappa shape index (κ2) is 4.64. The van der Waals surface area contributed by atoms with Crippen LogP contribution in [0.1, 0.15) is 19.7 Å². The van der Waals surface area contributed by atoms with Crippen LogP contribution in [0.3, 0.4) is 0 Å². The van der Waals surface area contributed by atoms with E-state index in [9.17, 15) is 10.2 Å². The molecule has 2 aromatic rings. The number of rotatable bonds is 2. The summed E-state index contributed by atoms with van der Waals surface area (Å²) >= 11 is 6.45. The molecule has 1 aromatic heterocycles. The summed E-state index contributed by atoms with van der Waals surface area (Å²) in [5.74, 6) is 0.580. The molecular weight excluding hydrogens is 368 g/mol. The number of aromatic nitrogens is 2. The van der Waals surface area contributed by atoms with Crippen LogP contribution in [0.25, 0.3) is 11.4 Å². The second-order valence-corrected chi connectivity index (χ2v) is 5.98. The molecule has 2 N–H and O–H groups in total. The standard InChI is InChI=1S/C11H10Br2N2O3/c1-11(2,17)10-14-9(15-18-10)5-3-6(12)8(16)7(13)4-5/h3-4,16-17H,1-2H3. The molecule has 0 amide bonds. The Bertz CT molecular complexity index is 567. The van der Waals surface area contributed by atoms with Gasteiger partial charge in [0.2, 0.25) is 5.82 Å². The third kappa shape index (κ3) is 2.57. The van der Waals surface area contributed by atoms with E-state index in [-0.39, 0.29) is 11.6 Å². The average Bonchev–Trinajstić information content (AvgIpc) is 2.73. The Labute approximate surface area is 120 Å². The van der Waals surface area contributed by atoms with Crippen molar-refractivity contribution in [3.8, 4) is 17.1 Å². The van der Waals surface area contributed by atoms with E-state index in [2.05, 4.69) is 42.0 Å². The molecule has 0 aliphatic carbocycles. The number of hydrogen-bond donors (Lipinski definition) is 2. The van der Waals surface area contributed by atoms with Gasteiger partial charge in [0.15, 0.2) is 0 Å². The first kappa shape index (κ1) is 13.5. The first-order valence-corrected chi connectivity index (χ1v) is 6.62. The van der Waals surface area contributed by atoms with Crippen LogP contribution in [0.2, 0.25) is 0 Å². The van der Waals surface area contributed by atoms with Crippen molar-refractivity contribution in [2.45, 2.75) is 19.4 Å². The zero-order valence-electron chi connectivity index (χ0n) is 9.61. The van der Waals surface area contributed by atoms with Gasteiger partial charge in [0.1, 0.15) is 11.4 Å². The Balaban J connectivity index is 2.47. The first-order valence-electron chi connectivity index (χ1n) is 5.04. The third-order valence-corrected chi connectivity index (χ3v) is 3.43. The van der Waals surface area contributed by atoms with Gasteiger partial charge >= 0.3 is 0 Å². The van der Waals surface area contributed by atoms with Crippen molar-refractivity contribution >= 4 is 31.9 Å². The van der Waals surface area contributed by atoms with Gasteiger partial charge in [-0.25, -0.2) is 0 Å². The second-order valence-electron chi connectivity index (χ2n) is 4.27. The summed E-state index contributed by atoms with van der Waals surface area (Å²) in [6.07, 6.45) is 0. The van der Waals surface area contributed by atoms with Crippen molar-refractivity contribution in [1.82, 2.24) is 10.1 Å². The monoisotopic (exact) mass is 376 g/mol. The van der Waals surface area contributed by atoms with E-state index in [1.165, 1.54) is 0 Å². The topological polar surface area (TPSA) is 79.4 Å². The van der Waals surface area contributed by atoms with Crippen LogP contribution in [0, 0.1) is 0 Å². The lowest BCUT2D eigenvalue weighted by molar-refractivity contribution is 0.0420. The number of hydrogen-bond acceptors (Lipinski definition) is 5. The minimum absolute atomic E-state index is 0.102. The Morgan fingerprint density at radius 3 is 2.22 bits per heavy atom. The van der Waals surface area contributed by atoms with Crippen LogP contribution in [-0.2, 0) is 5.60 Å². The minimum atomic E-state index is -1.18. The fraction of sp³-hybridized carbons (Fsp3) is 0.273. The lowest BCUT2D eigenvalue weighted by Crippen LogP contribution is -2.15. The van der Waals surface area contributed by atoms with Gasteiger partial charge in [-0.05, 0) is 57.8 Å². The molecule has 5 nitrogen and oxygen atoms in total. The Kier molecular flexibility index (Phi) is 3.48. The quantitative estimate of drug-likeness (QED) is 0.840. The zero-order chi connectivity index (χ0) is 13.5. The van der Waals surface area contributed by atoms with Crippen molar-refractivity contribution in [3.63, 3.8) is 0 Å². The maximum absolute atomic E-state index is 9.75. The van der Waals surface area contributed by atoms with E-state index in [1.54, 1.807) is 26.0 Å². The number of nitrogens with zero attached hydrogens (tertiary/aromatic N) is 2. The Morgan fingerprint density at radius 2 is 1.78 bits per heavy atom. The molecule has 18 heavy (non-hydrogen) atoms. The molecule has 2 rings (SSSR count). The van der Waals surface area contributed by atoms with Crippen molar-refractivity contribution in [3.05, 3.63) is 27.0 Å². The molecule has 7 heteroatoms. The highest BCUT2D eigenvalue weighted by molar-refractivity contribution is 9.11.